The average Bonchev–Trinajstić information content (AvgIpc) is 2.70. The Morgan fingerprint density at radius 3 is 2.27 bits per heavy atom. The molecule has 1 amide bonds. The Morgan fingerprint density at radius 2 is 1.65 bits per heavy atom. The predicted octanol–water partition coefficient (Wildman–Crippen LogP) is 4.58. The molecule has 1 aromatic heterocycles. The maximum Gasteiger partial charge on any atom is 0.255 e. The van der Waals surface area contributed by atoms with Crippen LogP contribution in [-0.4, -0.2) is 28.9 Å². The average molecular weight is 346 g/mol. The van der Waals surface area contributed by atoms with E-state index in [0.717, 1.165) is 12.2 Å². The van der Waals surface area contributed by atoms with Crippen LogP contribution in [0.2, 0.25) is 0 Å². The van der Waals surface area contributed by atoms with Gasteiger partial charge in [0.25, 0.3) is 5.91 Å². The van der Waals surface area contributed by atoms with Gasteiger partial charge in [0, 0.05) is 25.4 Å². The molecule has 0 unspecified atom stereocenters. The Hall–Kier alpha value is -3.14. The van der Waals surface area contributed by atoms with Crippen molar-refractivity contribution in [1.82, 2.24) is 9.88 Å². The Morgan fingerprint density at radius 1 is 0.962 bits per heavy atom. The minimum absolute atomic E-state index is 0.0119. The van der Waals surface area contributed by atoms with Crippen molar-refractivity contribution < 1.29 is 9.53 Å². The standard InChI is InChI=1S/C22H22N2O2/c1-2-24(16-15-18-9-5-3-6-10-18)22(25)19-13-14-21(23-17-19)26-20-11-7-4-8-12-20/h3-14,17H,2,15-16H2,1H3. The zero-order valence-corrected chi connectivity index (χ0v) is 14.8. The highest BCUT2D eigenvalue weighted by Gasteiger charge is 2.14. The van der Waals surface area contributed by atoms with Crippen molar-refractivity contribution in [3.8, 4) is 11.6 Å². The van der Waals surface area contributed by atoms with Crippen molar-refractivity contribution in [3.05, 3.63) is 90.1 Å². The molecule has 26 heavy (non-hydrogen) atoms. The first-order chi connectivity index (χ1) is 12.8. The van der Waals surface area contributed by atoms with Gasteiger partial charge in [-0.15, -0.1) is 0 Å². The maximum absolute atomic E-state index is 12.7. The normalized spacial score (nSPS) is 10.3. The third-order valence-electron chi connectivity index (χ3n) is 4.13. The van der Waals surface area contributed by atoms with Crippen molar-refractivity contribution in [2.75, 3.05) is 13.1 Å². The molecule has 4 heteroatoms. The van der Waals surface area contributed by atoms with E-state index in [1.165, 1.54) is 5.56 Å². The first-order valence-electron chi connectivity index (χ1n) is 8.78. The molecule has 2 aromatic carbocycles. The molecule has 0 fully saturated rings. The van der Waals surface area contributed by atoms with Crippen LogP contribution in [0.5, 0.6) is 11.6 Å². The van der Waals surface area contributed by atoms with E-state index in [1.54, 1.807) is 18.3 Å². The van der Waals surface area contributed by atoms with Gasteiger partial charge in [-0.25, -0.2) is 4.98 Å². The highest BCUT2D eigenvalue weighted by atomic mass is 16.5. The Balaban J connectivity index is 1.62. The third kappa shape index (κ3) is 4.70. The number of hydrogen-bond acceptors (Lipinski definition) is 3. The fraction of sp³-hybridized carbons (Fsp3) is 0.182. The summed E-state index contributed by atoms with van der Waals surface area (Å²) in [6, 6.07) is 23.1. The van der Waals surface area contributed by atoms with Crippen LogP contribution in [0.4, 0.5) is 0 Å². The number of ether oxygens (including phenoxy) is 1. The summed E-state index contributed by atoms with van der Waals surface area (Å²) in [5.74, 6) is 1.18. The summed E-state index contributed by atoms with van der Waals surface area (Å²) in [4.78, 5) is 18.8. The van der Waals surface area contributed by atoms with Crippen LogP contribution in [0.25, 0.3) is 0 Å². The number of rotatable bonds is 7. The molecule has 1 heterocycles. The molecule has 4 nitrogen and oxygen atoms in total. The maximum atomic E-state index is 12.7. The molecule has 3 aromatic rings. The zero-order chi connectivity index (χ0) is 18.2. The van der Waals surface area contributed by atoms with Crippen LogP contribution in [-0.2, 0) is 6.42 Å². The van der Waals surface area contributed by atoms with Gasteiger partial charge in [-0.2, -0.15) is 0 Å². The van der Waals surface area contributed by atoms with Crippen molar-refractivity contribution >= 4 is 5.91 Å². The molecule has 3 rings (SSSR count). The summed E-state index contributed by atoms with van der Waals surface area (Å²) in [5.41, 5.74) is 1.80. The number of pyridine rings is 1. The molecule has 0 aliphatic heterocycles. The van der Waals surface area contributed by atoms with Gasteiger partial charge in [0.2, 0.25) is 5.88 Å². The van der Waals surface area contributed by atoms with E-state index in [9.17, 15) is 4.79 Å². The van der Waals surface area contributed by atoms with E-state index >= 15 is 0 Å². The van der Waals surface area contributed by atoms with Crippen LogP contribution in [0.3, 0.4) is 0 Å². The quantitative estimate of drug-likeness (QED) is 0.629. The minimum atomic E-state index is -0.0119. The van der Waals surface area contributed by atoms with Gasteiger partial charge < -0.3 is 9.64 Å². The fourth-order valence-corrected chi connectivity index (χ4v) is 2.67. The van der Waals surface area contributed by atoms with Gasteiger partial charge in [-0.1, -0.05) is 48.5 Å². The van der Waals surface area contributed by atoms with Crippen molar-refractivity contribution in [1.29, 1.82) is 0 Å². The molecule has 0 atom stereocenters. The zero-order valence-electron chi connectivity index (χ0n) is 14.8. The second-order valence-corrected chi connectivity index (χ2v) is 5.92. The van der Waals surface area contributed by atoms with Gasteiger partial charge >= 0.3 is 0 Å². The number of para-hydroxylation sites is 1. The number of carbonyl (C=O) groups excluding carboxylic acids is 1. The van der Waals surface area contributed by atoms with E-state index in [4.69, 9.17) is 4.74 Å². The van der Waals surface area contributed by atoms with Gasteiger partial charge in [0.15, 0.2) is 0 Å². The van der Waals surface area contributed by atoms with E-state index < -0.39 is 0 Å². The number of aromatic nitrogens is 1. The SMILES string of the molecule is CCN(CCc1ccccc1)C(=O)c1ccc(Oc2ccccc2)nc1. The minimum Gasteiger partial charge on any atom is -0.439 e. The lowest BCUT2D eigenvalue weighted by Crippen LogP contribution is -2.32. The fourth-order valence-electron chi connectivity index (χ4n) is 2.67. The molecule has 132 valence electrons. The van der Waals surface area contributed by atoms with Gasteiger partial charge in [0.05, 0.1) is 5.56 Å². The number of nitrogens with zero attached hydrogens (tertiary/aromatic N) is 2. The summed E-state index contributed by atoms with van der Waals surface area (Å²) in [6.07, 6.45) is 2.41. The summed E-state index contributed by atoms with van der Waals surface area (Å²) in [5, 5.41) is 0. The van der Waals surface area contributed by atoms with E-state index in [2.05, 4.69) is 17.1 Å². The number of benzene rings is 2. The van der Waals surface area contributed by atoms with Crippen molar-refractivity contribution in [2.24, 2.45) is 0 Å². The van der Waals surface area contributed by atoms with Gasteiger partial charge in [0.1, 0.15) is 5.75 Å². The lowest BCUT2D eigenvalue weighted by atomic mass is 10.1. The first-order valence-corrected chi connectivity index (χ1v) is 8.78. The number of carbonyl (C=O) groups is 1. The number of hydrogen-bond donors (Lipinski definition) is 0. The largest absolute Gasteiger partial charge is 0.439 e. The van der Waals surface area contributed by atoms with Gasteiger partial charge in [-0.05, 0) is 37.1 Å². The number of likely N-dealkylation sites (N-methyl/N-ethyl adjacent to an activating group) is 1. The summed E-state index contributed by atoms with van der Waals surface area (Å²) < 4.78 is 5.67. The topological polar surface area (TPSA) is 42.4 Å². The van der Waals surface area contributed by atoms with Crippen molar-refractivity contribution in [2.45, 2.75) is 13.3 Å². The molecule has 0 aliphatic rings. The first kappa shape index (κ1) is 17.7. The second kappa shape index (κ2) is 8.81. The van der Waals surface area contributed by atoms with Crippen molar-refractivity contribution in [3.63, 3.8) is 0 Å². The lowest BCUT2D eigenvalue weighted by Gasteiger charge is -2.21. The molecular formula is C22H22N2O2. The molecule has 0 N–H and O–H groups in total. The molecule has 0 saturated heterocycles. The smallest absolute Gasteiger partial charge is 0.255 e. The summed E-state index contributed by atoms with van der Waals surface area (Å²) in [7, 11) is 0. The Labute approximate surface area is 154 Å². The van der Waals surface area contributed by atoms with Crippen LogP contribution < -0.4 is 4.74 Å². The van der Waals surface area contributed by atoms with E-state index in [-0.39, 0.29) is 5.91 Å². The molecule has 0 spiro atoms. The molecule has 0 aliphatic carbocycles. The van der Waals surface area contributed by atoms with E-state index in [0.29, 0.717) is 24.5 Å². The van der Waals surface area contributed by atoms with Crippen LogP contribution >= 0.6 is 0 Å². The number of amides is 1. The molecule has 0 saturated carbocycles. The highest BCUT2D eigenvalue weighted by molar-refractivity contribution is 5.94. The van der Waals surface area contributed by atoms with Crippen LogP contribution in [0.1, 0.15) is 22.8 Å². The predicted molar refractivity (Wildman–Crippen MR) is 102 cm³/mol. The molecule has 0 bridgehead atoms. The summed E-state index contributed by atoms with van der Waals surface area (Å²) in [6.45, 7) is 3.33. The van der Waals surface area contributed by atoms with E-state index in [1.807, 2.05) is 60.4 Å². The Bertz CT molecular complexity index is 818. The molecule has 0 radical (unpaired) electrons. The highest BCUT2D eigenvalue weighted by Crippen LogP contribution is 2.19. The second-order valence-electron chi connectivity index (χ2n) is 5.92. The lowest BCUT2D eigenvalue weighted by molar-refractivity contribution is 0.0765. The molecular weight excluding hydrogens is 324 g/mol. The van der Waals surface area contributed by atoms with Crippen LogP contribution in [0.15, 0.2) is 79.0 Å². The van der Waals surface area contributed by atoms with Gasteiger partial charge in [-0.3, -0.25) is 4.79 Å². The Kier molecular flexibility index (Phi) is 5.99. The monoisotopic (exact) mass is 346 g/mol. The van der Waals surface area contributed by atoms with Crippen LogP contribution in [0, 0.1) is 0 Å². The summed E-state index contributed by atoms with van der Waals surface area (Å²) >= 11 is 0. The third-order valence-corrected chi connectivity index (χ3v) is 4.13.